The predicted octanol–water partition coefficient (Wildman–Crippen LogP) is 0.702. The van der Waals surface area contributed by atoms with Crippen LogP contribution in [-0.2, 0) is 4.74 Å². The third kappa shape index (κ3) is 2.32. The van der Waals surface area contributed by atoms with Crippen LogP contribution in [0.4, 0.5) is 0 Å². The molecule has 4 N–H and O–H groups in total. The molecule has 0 bridgehead atoms. The molecule has 1 aliphatic rings. The number of rotatable bonds is 2. The monoisotopic (exact) mass is 245 g/mol. The average molecular weight is 246 g/mol. The van der Waals surface area contributed by atoms with E-state index in [2.05, 4.69) is 21.2 Å². The van der Waals surface area contributed by atoms with Crippen LogP contribution in [0.25, 0.3) is 0 Å². The fourth-order valence-electron chi connectivity index (χ4n) is 1.11. The summed E-state index contributed by atoms with van der Waals surface area (Å²) in [7, 11) is 1.59. The van der Waals surface area contributed by atoms with Crippen LogP contribution in [0.1, 0.15) is 0 Å². The number of hydrogen-bond donors (Lipinski definition) is 3. The maximum absolute atomic E-state index is 7.11. The van der Waals surface area contributed by atoms with Crippen LogP contribution in [0.2, 0.25) is 0 Å². The molecule has 2 unspecified atom stereocenters. The Morgan fingerprint density at radius 2 is 2.38 bits per heavy atom. The first kappa shape index (κ1) is 10.3. The molecule has 72 valence electrons. The van der Waals surface area contributed by atoms with E-state index in [4.69, 9.17) is 15.9 Å². The summed E-state index contributed by atoms with van der Waals surface area (Å²) in [4.78, 5) is 0. The fourth-order valence-corrected chi connectivity index (χ4v) is 1.53. The van der Waals surface area contributed by atoms with E-state index < -0.39 is 4.51 Å². The van der Waals surface area contributed by atoms with E-state index in [0.29, 0.717) is 0 Å². The first-order chi connectivity index (χ1) is 6.08. The summed E-state index contributed by atoms with van der Waals surface area (Å²) >= 11 is 3.41. The molecule has 0 aromatic heterocycles. The highest BCUT2D eigenvalue weighted by Gasteiger charge is 2.33. The SMILES string of the molecule is COC1(Br)C=CC=CC1NC(=N)N. The maximum atomic E-state index is 7.11. The normalized spacial score (nSPS) is 31.7. The van der Waals surface area contributed by atoms with Crippen molar-refractivity contribution in [1.82, 2.24) is 5.32 Å². The molecule has 0 radical (unpaired) electrons. The van der Waals surface area contributed by atoms with Crippen molar-refractivity contribution in [2.45, 2.75) is 10.6 Å². The molecule has 0 aromatic carbocycles. The van der Waals surface area contributed by atoms with Crippen LogP contribution < -0.4 is 11.1 Å². The lowest BCUT2D eigenvalue weighted by Gasteiger charge is -2.32. The van der Waals surface area contributed by atoms with Crippen LogP contribution >= 0.6 is 15.9 Å². The second-order valence-electron chi connectivity index (χ2n) is 2.68. The van der Waals surface area contributed by atoms with Gasteiger partial charge in [0.15, 0.2) is 10.5 Å². The summed E-state index contributed by atoms with van der Waals surface area (Å²) in [5, 5.41) is 9.89. The first-order valence-corrected chi connectivity index (χ1v) is 4.58. The van der Waals surface area contributed by atoms with Gasteiger partial charge in [0, 0.05) is 7.11 Å². The van der Waals surface area contributed by atoms with E-state index in [-0.39, 0.29) is 12.0 Å². The molecule has 0 aromatic rings. The number of hydrogen-bond acceptors (Lipinski definition) is 2. The molecule has 0 aliphatic heterocycles. The lowest BCUT2D eigenvalue weighted by atomic mass is 10.1. The van der Waals surface area contributed by atoms with Gasteiger partial charge in [0.2, 0.25) is 0 Å². The Morgan fingerprint density at radius 3 is 2.92 bits per heavy atom. The van der Waals surface area contributed by atoms with E-state index >= 15 is 0 Å². The van der Waals surface area contributed by atoms with Crippen LogP contribution in [0, 0.1) is 5.41 Å². The minimum atomic E-state index is -0.618. The van der Waals surface area contributed by atoms with Gasteiger partial charge in [0.05, 0.1) is 6.04 Å². The minimum absolute atomic E-state index is 0.0779. The highest BCUT2D eigenvalue weighted by Crippen LogP contribution is 2.28. The quantitative estimate of drug-likeness (QED) is 0.381. The third-order valence-corrected chi connectivity index (χ3v) is 2.87. The van der Waals surface area contributed by atoms with Gasteiger partial charge in [-0.3, -0.25) is 5.41 Å². The molecule has 0 saturated carbocycles. The highest BCUT2D eigenvalue weighted by atomic mass is 79.9. The first-order valence-electron chi connectivity index (χ1n) is 3.79. The van der Waals surface area contributed by atoms with Gasteiger partial charge in [-0.05, 0) is 22.0 Å². The summed E-state index contributed by atoms with van der Waals surface area (Å²) in [6.45, 7) is 0. The lowest BCUT2D eigenvalue weighted by Crippen LogP contribution is -2.50. The van der Waals surface area contributed by atoms with Crippen LogP contribution in [-0.4, -0.2) is 23.6 Å². The molecule has 0 spiro atoms. The van der Waals surface area contributed by atoms with Crippen molar-refractivity contribution in [1.29, 1.82) is 5.41 Å². The molecular weight excluding hydrogens is 234 g/mol. The maximum Gasteiger partial charge on any atom is 0.186 e. The van der Waals surface area contributed by atoms with Gasteiger partial charge < -0.3 is 15.8 Å². The zero-order valence-corrected chi connectivity index (χ0v) is 8.84. The molecule has 1 rings (SSSR count). The second-order valence-corrected chi connectivity index (χ2v) is 3.92. The number of nitrogens with one attached hydrogen (secondary N) is 2. The molecule has 0 heterocycles. The van der Waals surface area contributed by atoms with Crippen molar-refractivity contribution in [3.63, 3.8) is 0 Å². The third-order valence-electron chi connectivity index (χ3n) is 1.79. The number of allylic oxidation sites excluding steroid dienone is 2. The fraction of sp³-hybridized carbons (Fsp3) is 0.375. The predicted molar refractivity (Wildman–Crippen MR) is 55.8 cm³/mol. The van der Waals surface area contributed by atoms with Crippen molar-refractivity contribution in [3.8, 4) is 0 Å². The topological polar surface area (TPSA) is 71.1 Å². The molecule has 5 heteroatoms. The number of nitrogens with two attached hydrogens (primary N) is 1. The zero-order valence-electron chi connectivity index (χ0n) is 7.25. The Bertz CT molecular complexity index is 264. The number of ether oxygens (including phenoxy) is 1. The number of halogens is 1. The van der Waals surface area contributed by atoms with Crippen LogP contribution in [0.3, 0.4) is 0 Å². The Morgan fingerprint density at radius 1 is 1.69 bits per heavy atom. The summed E-state index contributed by atoms with van der Waals surface area (Å²) in [6, 6.07) is -0.167. The van der Waals surface area contributed by atoms with Gasteiger partial charge in [-0.2, -0.15) is 0 Å². The molecule has 2 atom stereocenters. The standard InChI is InChI=1S/C8H12BrN3O/c1-13-8(9)5-3-2-4-6(8)12-7(10)11/h2-6H,1H3,(H4,10,11,12). The van der Waals surface area contributed by atoms with Crippen molar-refractivity contribution in [3.05, 3.63) is 24.3 Å². The van der Waals surface area contributed by atoms with Gasteiger partial charge in [-0.25, -0.2) is 0 Å². The van der Waals surface area contributed by atoms with Crippen LogP contribution in [0.15, 0.2) is 24.3 Å². The molecular formula is C8H12BrN3O. The molecule has 0 fully saturated rings. The largest absolute Gasteiger partial charge is 0.370 e. The smallest absolute Gasteiger partial charge is 0.186 e. The summed E-state index contributed by atoms with van der Waals surface area (Å²) in [5.41, 5.74) is 5.24. The second kappa shape index (κ2) is 3.93. The van der Waals surface area contributed by atoms with Crippen molar-refractivity contribution >= 4 is 21.9 Å². The van der Waals surface area contributed by atoms with Gasteiger partial charge in [0.25, 0.3) is 0 Å². The van der Waals surface area contributed by atoms with Gasteiger partial charge in [-0.15, -0.1) is 0 Å². The van der Waals surface area contributed by atoms with Gasteiger partial charge in [-0.1, -0.05) is 18.2 Å². The van der Waals surface area contributed by atoms with E-state index in [1.807, 2.05) is 24.3 Å². The molecule has 13 heavy (non-hydrogen) atoms. The summed E-state index contributed by atoms with van der Waals surface area (Å²) in [6.07, 6.45) is 7.48. The van der Waals surface area contributed by atoms with E-state index in [0.717, 1.165) is 0 Å². The number of alkyl halides is 1. The van der Waals surface area contributed by atoms with Crippen molar-refractivity contribution < 1.29 is 4.74 Å². The molecule has 0 amide bonds. The zero-order chi connectivity index (χ0) is 9.90. The number of guanidine groups is 1. The highest BCUT2D eigenvalue weighted by molar-refractivity contribution is 9.10. The molecule has 0 saturated heterocycles. The van der Waals surface area contributed by atoms with Crippen molar-refractivity contribution in [2.75, 3.05) is 7.11 Å². The Kier molecular flexibility index (Phi) is 3.11. The minimum Gasteiger partial charge on any atom is -0.370 e. The lowest BCUT2D eigenvalue weighted by molar-refractivity contribution is 0.100. The molecule has 4 nitrogen and oxygen atoms in total. The van der Waals surface area contributed by atoms with Crippen molar-refractivity contribution in [2.24, 2.45) is 5.73 Å². The van der Waals surface area contributed by atoms with E-state index in [1.165, 1.54) is 0 Å². The summed E-state index contributed by atoms with van der Waals surface area (Å²) in [5.74, 6) is -0.0779. The van der Waals surface area contributed by atoms with Crippen LogP contribution in [0.5, 0.6) is 0 Å². The Hall–Kier alpha value is -0.810. The van der Waals surface area contributed by atoms with E-state index in [9.17, 15) is 0 Å². The molecule has 1 aliphatic carbocycles. The number of methoxy groups -OCH3 is 1. The Labute approximate surface area is 85.5 Å². The van der Waals surface area contributed by atoms with Gasteiger partial charge in [0.1, 0.15) is 0 Å². The average Bonchev–Trinajstić information content (AvgIpc) is 2.09. The Balaban J connectivity index is 2.76. The van der Waals surface area contributed by atoms with Gasteiger partial charge >= 0.3 is 0 Å². The van der Waals surface area contributed by atoms with E-state index in [1.54, 1.807) is 7.11 Å². The summed E-state index contributed by atoms with van der Waals surface area (Å²) < 4.78 is 4.64.